The van der Waals surface area contributed by atoms with Crippen molar-refractivity contribution in [3.8, 4) is 0 Å². The number of carbonyl (C=O) groups excluding carboxylic acids is 1. The van der Waals surface area contributed by atoms with Crippen LogP contribution in [0, 0.1) is 23.7 Å². The van der Waals surface area contributed by atoms with E-state index in [0.717, 1.165) is 32.1 Å². The number of aliphatic carboxylic acids is 1. The third kappa shape index (κ3) is 3.08. The molecule has 0 aromatic rings. The molecule has 7 nitrogen and oxygen atoms in total. The standard InChI is InChI=1S/C20H30O7/c1-11-4-5-14-12(2)18(25-17(23)7-6-16(21)22)24-15-10-19(3)9-8-13(11)20(14,15)27-26-19/h11-15,18H,4-10H2,1-3H3,(H,21,22)/t11-,12-,13+,14+,15-,18-,19-,20-/m1/s1. The van der Waals surface area contributed by atoms with E-state index in [1.807, 2.05) is 6.92 Å². The molecule has 5 fully saturated rings. The van der Waals surface area contributed by atoms with Gasteiger partial charge >= 0.3 is 11.9 Å². The maximum Gasteiger partial charge on any atom is 0.308 e. The summed E-state index contributed by atoms with van der Waals surface area (Å²) in [5, 5.41) is 8.78. The molecule has 3 heterocycles. The summed E-state index contributed by atoms with van der Waals surface area (Å²) in [4.78, 5) is 34.9. The lowest BCUT2D eigenvalue weighted by atomic mass is 9.56. The SMILES string of the molecule is C[C@H]1[C@@H](OC(=O)CCC(=O)O)O[C@@H]2C[C@@]3(C)CC[C@H]4[C@H](C)CC[C@@H]1[C@@]24OO3. The quantitative estimate of drug-likeness (QED) is 0.590. The van der Waals surface area contributed by atoms with Crippen LogP contribution in [0.1, 0.15) is 65.7 Å². The van der Waals surface area contributed by atoms with Gasteiger partial charge in [0.25, 0.3) is 0 Å². The summed E-state index contributed by atoms with van der Waals surface area (Å²) in [6, 6.07) is 0. The summed E-state index contributed by atoms with van der Waals surface area (Å²) >= 11 is 0. The molecule has 3 aliphatic heterocycles. The fourth-order valence-corrected chi connectivity index (χ4v) is 5.95. The van der Waals surface area contributed by atoms with Gasteiger partial charge in [0.2, 0.25) is 6.29 Å². The minimum absolute atomic E-state index is 0.0314. The summed E-state index contributed by atoms with van der Waals surface area (Å²) < 4.78 is 11.9. The topological polar surface area (TPSA) is 91.3 Å². The molecule has 7 heteroatoms. The number of carboxylic acids is 1. The van der Waals surface area contributed by atoms with Crippen molar-refractivity contribution < 1.29 is 33.9 Å². The first kappa shape index (κ1) is 19.2. The van der Waals surface area contributed by atoms with Crippen LogP contribution < -0.4 is 0 Å². The number of fused-ring (bicyclic) bond motifs is 2. The minimum Gasteiger partial charge on any atom is -0.481 e. The highest BCUT2D eigenvalue weighted by molar-refractivity contribution is 5.76. The van der Waals surface area contributed by atoms with E-state index in [-0.39, 0.29) is 36.4 Å². The molecule has 2 bridgehead atoms. The van der Waals surface area contributed by atoms with Crippen LogP contribution in [0.15, 0.2) is 0 Å². The van der Waals surface area contributed by atoms with E-state index in [4.69, 9.17) is 24.4 Å². The van der Waals surface area contributed by atoms with Crippen molar-refractivity contribution in [2.24, 2.45) is 23.7 Å². The number of rotatable bonds is 4. The van der Waals surface area contributed by atoms with Gasteiger partial charge in [-0.25, -0.2) is 9.78 Å². The lowest BCUT2D eigenvalue weighted by Crippen LogP contribution is -2.69. The molecule has 27 heavy (non-hydrogen) atoms. The molecule has 5 rings (SSSR count). The van der Waals surface area contributed by atoms with Crippen LogP contribution in [0.5, 0.6) is 0 Å². The number of hydrogen-bond donors (Lipinski definition) is 1. The highest BCUT2D eigenvalue weighted by atomic mass is 17.2. The van der Waals surface area contributed by atoms with Gasteiger partial charge in [-0.3, -0.25) is 9.59 Å². The van der Waals surface area contributed by atoms with Crippen LogP contribution in [0.3, 0.4) is 0 Å². The summed E-state index contributed by atoms with van der Waals surface area (Å²) in [5.41, 5.74) is -0.854. The van der Waals surface area contributed by atoms with Gasteiger partial charge in [-0.05, 0) is 44.4 Å². The normalized spacial score (nSPS) is 48.4. The average molecular weight is 382 g/mol. The Balaban J connectivity index is 1.58. The molecular formula is C20H30O7. The summed E-state index contributed by atoms with van der Waals surface area (Å²) in [7, 11) is 0. The summed E-state index contributed by atoms with van der Waals surface area (Å²) in [5.74, 6) is -0.455. The Morgan fingerprint density at radius 3 is 2.63 bits per heavy atom. The Hall–Kier alpha value is -1.18. The fraction of sp³-hybridized carbons (Fsp3) is 0.900. The highest BCUT2D eigenvalue weighted by Crippen LogP contribution is 2.61. The largest absolute Gasteiger partial charge is 0.481 e. The van der Waals surface area contributed by atoms with E-state index in [1.165, 1.54) is 0 Å². The number of carboxylic acid groups (broad SMARTS) is 1. The number of hydrogen-bond acceptors (Lipinski definition) is 6. The van der Waals surface area contributed by atoms with Crippen LogP contribution in [0.25, 0.3) is 0 Å². The van der Waals surface area contributed by atoms with E-state index in [1.54, 1.807) is 0 Å². The van der Waals surface area contributed by atoms with Crippen LogP contribution in [-0.2, 0) is 28.8 Å². The zero-order valence-corrected chi connectivity index (χ0v) is 16.3. The second-order valence-electron chi connectivity index (χ2n) is 9.22. The van der Waals surface area contributed by atoms with Crippen LogP contribution in [0.2, 0.25) is 0 Å². The van der Waals surface area contributed by atoms with Crippen LogP contribution >= 0.6 is 0 Å². The molecule has 3 saturated heterocycles. The Labute approximate surface area is 159 Å². The van der Waals surface area contributed by atoms with Crippen molar-refractivity contribution in [1.82, 2.24) is 0 Å². The molecule has 2 aliphatic carbocycles. The molecule has 0 aromatic heterocycles. The third-order valence-electron chi connectivity index (χ3n) is 7.42. The van der Waals surface area contributed by atoms with E-state index in [9.17, 15) is 9.59 Å². The van der Waals surface area contributed by atoms with E-state index < -0.39 is 23.8 Å². The maximum absolute atomic E-state index is 12.1. The molecule has 0 amide bonds. The van der Waals surface area contributed by atoms with Gasteiger partial charge in [-0.2, -0.15) is 0 Å². The zero-order chi connectivity index (χ0) is 19.4. The van der Waals surface area contributed by atoms with Crippen molar-refractivity contribution in [1.29, 1.82) is 0 Å². The summed E-state index contributed by atoms with van der Waals surface area (Å²) in [6.45, 7) is 6.39. The lowest BCUT2D eigenvalue weighted by molar-refractivity contribution is -0.494. The molecule has 5 aliphatic rings. The van der Waals surface area contributed by atoms with Gasteiger partial charge in [0, 0.05) is 18.3 Å². The van der Waals surface area contributed by atoms with Gasteiger partial charge in [0.05, 0.1) is 18.9 Å². The van der Waals surface area contributed by atoms with Crippen molar-refractivity contribution >= 4 is 11.9 Å². The van der Waals surface area contributed by atoms with Gasteiger partial charge < -0.3 is 14.6 Å². The van der Waals surface area contributed by atoms with E-state index >= 15 is 0 Å². The lowest BCUT2D eigenvalue weighted by Gasteiger charge is -2.60. The zero-order valence-electron chi connectivity index (χ0n) is 16.3. The van der Waals surface area contributed by atoms with Gasteiger partial charge in [-0.1, -0.05) is 13.8 Å². The predicted molar refractivity (Wildman–Crippen MR) is 93.3 cm³/mol. The van der Waals surface area contributed by atoms with Crippen LogP contribution in [-0.4, -0.2) is 40.6 Å². The van der Waals surface area contributed by atoms with Crippen molar-refractivity contribution in [3.05, 3.63) is 0 Å². The molecule has 8 atom stereocenters. The average Bonchev–Trinajstić information content (AvgIpc) is 2.84. The van der Waals surface area contributed by atoms with Gasteiger partial charge in [-0.15, -0.1) is 0 Å². The molecule has 0 aromatic carbocycles. The minimum atomic E-state index is -1.01. The smallest absolute Gasteiger partial charge is 0.308 e. The third-order valence-corrected chi connectivity index (χ3v) is 7.42. The molecule has 0 radical (unpaired) electrons. The highest BCUT2D eigenvalue weighted by Gasteiger charge is 2.68. The van der Waals surface area contributed by atoms with Crippen molar-refractivity contribution in [2.45, 2.75) is 89.3 Å². The monoisotopic (exact) mass is 382 g/mol. The molecule has 1 N–H and O–H groups in total. The number of carbonyl (C=O) groups is 2. The molecular weight excluding hydrogens is 352 g/mol. The van der Waals surface area contributed by atoms with Crippen LogP contribution in [0.4, 0.5) is 0 Å². The molecule has 152 valence electrons. The molecule has 0 unspecified atom stereocenters. The first-order valence-corrected chi connectivity index (χ1v) is 10.2. The van der Waals surface area contributed by atoms with E-state index in [2.05, 4.69) is 13.8 Å². The number of esters is 1. The first-order chi connectivity index (χ1) is 12.7. The Morgan fingerprint density at radius 1 is 1.11 bits per heavy atom. The second-order valence-corrected chi connectivity index (χ2v) is 9.22. The van der Waals surface area contributed by atoms with Gasteiger partial charge in [0.15, 0.2) is 0 Å². The molecule has 1 spiro atoms. The Kier molecular flexibility index (Phi) is 4.76. The summed E-state index contributed by atoms with van der Waals surface area (Å²) in [6.07, 6.45) is 3.62. The predicted octanol–water partition coefficient (Wildman–Crippen LogP) is 3.06. The first-order valence-electron chi connectivity index (χ1n) is 10.2. The molecule has 2 saturated carbocycles. The van der Waals surface area contributed by atoms with E-state index in [0.29, 0.717) is 11.8 Å². The van der Waals surface area contributed by atoms with Crippen molar-refractivity contribution in [2.75, 3.05) is 0 Å². The van der Waals surface area contributed by atoms with Crippen molar-refractivity contribution in [3.63, 3.8) is 0 Å². The van der Waals surface area contributed by atoms with Gasteiger partial charge in [0.1, 0.15) is 11.2 Å². The Morgan fingerprint density at radius 2 is 1.89 bits per heavy atom. The Bertz CT molecular complexity index is 621. The maximum atomic E-state index is 12.1. The second kappa shape index (κ2) is 6.71. The fourth-order valence-electron chi connectivity index (χ4n) is 5.95. The number of ether oxygens (including phenoxy) is 2.